The summed E-state index contributed by atoms with van der Waals surface area (Å²) in [5, 5.41) is 0. The fourth-order valence-corrected chi connectivity index (χ4v) is 4.83. The van der Waals surface area contributed by atoms with Crippen molar-refractivity contribution in [1.29, 1.82) is 0 Å². The molecule has 1 atom stereocenters. The highest BCUT2D eigenvalue weighted by atomic mass is 32.2. The van der Waals surface area contributed by atoms with Crippen LogP contribution in [-0.2, 0) is 14.8 Å². The van der Waals surface area contributed by atoms with Gasteiger partial charge in [0.1, 0.15) is 5.75 Å². The third-order valence-electron chi connectivity index (χ3n) is 5.19. The van der Waals surface area contributed by atoms with Gasteiger partial charge in [0.25, 0.3) is 0 Å². The monoisotopic (exact) mass is 368 g/mol. The van der Waals surface area contributed by atoms with Crippen molar-refractivity contribution in [1.82, 2.24) is 9.62 Å². The van der Waals surface area contributed by atoms with Crippen LogP contribution in [0.2, 0.25) is 0 Å². The maximum absolute atomic E-state index is 12.5. The minimum Gasteiger partial charge on any atom is -0.497 e. The van der Waals surface area contributed by atoms with Crippen molar-refractivity contribution in [2.45, 2.75) is 36.6 Å². The Morgan fingerprint density at radius 2 is 1.92 bits per heavy atom. The lowest BCUT2D eigenvalue weighted by Crippen LogP contribution is -2.47. The Morgan fingerprint density at radius 3 is 2.60 bits per heavy atom. The largest absolute Gasteiger partial charge is 0.497 e. The first-order chi connectivity index (χ1) is 12.1. The van der Waals surface area contributed by atoms with Crippen molar-refractivity contribution in [3.63, 3.8) is 0 Å². The Kier molecular flexibility index (Phi) is 6.33. The molecule has 2 fully saturated rings. The zero-order chi connectivity index (χ0) is 17.7. The Labute approximate surface area is 150 Å². The number of nitrogens with one attached hydrogen (secondary N) is 1. The van der Waals surface area contributed by atoms with E-state index < -0.39 is 10.0 Å². The summed E-state index contributed by atoms with van der Waals surface area (Å²) < 4.78 is 38.3. The number of likely N-dealkylation sites (tertiary alicyclic amines) is 1. The molecule has 140 valence electrons. The normalized spacial score (nSPS) is 23.5. The number of sulfonamides is 1. The lowest BCUT2D eigenvalue weighted by atomic mass is 9.95. The second kappa shape index (κ2) is 8.49. The van der Waals surface area contributed by atoms with Crippen molar-refractivity contribution >= 4 is 10.0 Å². The molecule has 0 spiro atoms. The maximum Gasteiger partial charge on any atom is 0.240 e. The number of hydrogen-bond donors (Lipinski definition) is 1. The fourth-order valence-electron chi connectivity index (χ4n) is 3.71. The zero-order valence-electron chi connectivity index (χ0n) is 14.8. The van der Waals surface area contributed by atoms with E-state index in [0.29, 0.717) is 24.3 Å². The number of piperidine rings is 1. The molecule has 1 aromatic rings. The minimum absolute atomic E-state index is 0.283. The van der Waals surface area contributed by atoms with E-state index in [-0.39, 0.29) is 4.90 Å². The van der Waals surface area contributed by atoms with Crippen LogP contribution in [0.3, 0.4) is 0 Å². The van der Waals surface area contributed by atoms with Crippen LogP contribution in [0.5, 0.6) is 5.75 Å². The third-order valence-corrected chi connectivity index (χ3v) is 6.63. The molecule has 25 heavy (non-hydrogen) atoms. The van der Waals surface area contributed by atoms with E-state index in [0.717, 1.165) is 52.0 Å². The predicted octanol–water partition coefficient (Wildman–Crippen LogP) is 1.86. The number of methoxy groups -OCH3 is 1. The molecule has 0 radical (unpaired) electrons. The van der Waals surface area contributed by atoms with Gasteiger partial charge in [-0.05, 0) is 62.4 Å². The van der Waals surface area contributed by atoms with E-state index in [1.165, 1.54) is 0 Å². The second-order valence-electron chi connectivity index (χ2n) is 6.87. The summed E-state index contributed by atoms with van der Waals surface area (Å²) in [7, 11) is -1.91. The molecule has 2 aliphatic rings. The summed E-state index contributed by atoms with van der Waals surface area (Å²) in [6.07, 6.45) is 4.38. The first-order valence-corrected chi connectivity index (χ1v) is 10.5. The van der Waals surface area contributed by atoms with E-state index in [1.807, 2.05) is 0 Å². The van der Waals surface area contributed by atoms with E-state index in [1.54, 1.807) is 31.4 Å². The van der Waals surface area contributed by atoms with Crippen molar-refractivity contribution in [3.05, 3.63) is 24.3 Å². The quantitative estimate of drug-likeness (QED) is 0.830. The van der Waals surface area contributed by atoms with Gasteiger partial charge in [0, 0.05) is 32.3 Å². The van der Waals surface area contributed by atoms with Crippen molar-refractivity contribution in [3.8, 4) is 5.75 Å². The molecule has 0 amide bonds. The standard InChI is InChI=1S/C18H28N2O4S/c1-23-17-4-6-18(7-5-17)25(21,22)19-13-15-3-2-10-20(14-15)16-8-11-24-12-9-16/h4-7,15-16,19H,2-3,8-14H2,1H3/t15-/m1/s1. The molecule has 0 aliphatic carbocycles. The van der Waals surface area contributed by atoms with Gasteiger partial charge in [-0.25, -0.2) is 13.1 Å². The topological polar surface area (TPSA) is 67.9 Å². The fraction of sp³-hybridized carbons (Fsp3) is 0.667. The molecule has 0 bridgehead atoms. The Morgan fingerprint density at radius 1 is 1.20 bits per heavy atom. The predicted molar refractivity (Wildman–Crippen MR) is 96.3 cm³/mol. The number of hydrogen-bond acceptors (Lipinski definition) is 5. The van der Waals surface area contributed by atoms with Crippen molar-refractivity contribution < 1.29 is 17.9 Å². The number of rotatable bonds is 6. The molecule has 2 aliphatic heterocycles. The van der Waals surface area contributed by atoms with Crippen LogP contribution in [0.1, 0.15) is 25.7 Å². The van der Waals surface area contributed by atoms with Crippen LogP contribution in [0, 0.1) is 5.92 Å². The molecule has 6 nitrogen and oxygen atoms in total. The van der Waals surface area contributed by atoms with Gasteiger partial charge in [0.2, 0.25) is 10.0 Å². The molecular weight excluding hydrogens is 340 g/mol. The van der Waals surface area contributed by atoms with Crippen LogP contribution in [0.15, 0.2) is 29.2 Å². The zero-order valence-corrected chi connectivity index (χ0v) is 15.6. The van der Waals surface area contributed by atoms with E-state index in [4.69, 9.17) is 9.47 Å². The maximum atomic E-state index is 12.5. The number of ether oxygens (including phenoxy) is 2. The Bertz CT molecular complexity index is 642. The van der Waals surface area contributed by atoms with Crippen molar-refractivity contribution in [2.24, 2.45) is 5.92 Å². The summed E-state index contributed by atoms with van der Waals surface area (Å²) in [6.45, 7) is 4.27. The molecule has 0 unspecified atom stereocenters. The van der Waals surface area contributed by atoms with E-state index >= 15 is 0 Å². The lowest BCUT2D eigenvalue weighted by Gasteiger charge is -2.40. The highest BCUT2D eigenvalue weighted by Gasteiger charge is 2.28. The molecule has 0 saturated carbocycles. The smallest absolute Gasteiger partial charge is 0.240 e. The number of benzene rings is 1. The van der Waals surface area contributed by atoms with Crippen LogP contribution < -0.4 is 9.46 Å². The van der Waals surface area contributed by atoms with Crippen LogP contribution >= 0.6 is 0 Å². The van der Waals surface area contributed by atoms with Crippen LogP contribution in [0.25, 0.3) is 0 Å². The van der Waals surface area contributed by atoms with Crippen molar-refractivity contribution in [2.75, 3.05) is 40.0 Å². The summed E-state index contributed by atoms with van der Waals surface area (Å²) in [5.41, 5.74) is 0. The van der Waals surface area contributed by atoms with Gasteiger partial charge >= 0.3 is 0 Å². The highest BCUT2D eigenvalue weighted by Crippen LogP contribution is 2.23. The first kappa shape index (κ1) is 18.6. The first-order valence-electron chi connectivity index (χ1n) is 9.04. The van der Waals surface area contributed by atoms with Gasteiger partial charge in [-0.3, -0.25) is 4.90 Å². The molecule has 2 heterocycles. The lowest BCUT2D eigenvalue weighted by molar-refractivity contribution is 0.0183. The number of nitrogens with zero attached hydrogens (tertiary/aromatic N) is 1. The second-order valence-corrected chi connectivity index (χ2v) is 8.64. The molecule has 7 heteroatoms. The van der Waals surface area contributed by atoms with E-state index in [2.05, 4.69) is 9.62 Å². The summed E-state index contributed by atoms with van der Waals surface area (Å²) in [4.78, 5) is 2.81. The van der Waals surface area contributed by atoms with E-state index in [9.17, 15) is 8.42 Å². The average molecular weight is 368 g/mol. The highest BCUT2D eigenvalue weighted by molar-refractivity contribution is 7.89. The average Bonchev–Trinajstić information content (AvgIpc) is 2.67. The molecule has 1 N–H and O–H groups in total. The Hall–Kier alpha value is -1.15. The molecule has 2 saturated heterocycles. The third kappa shape index (κ3) is 4.94. The summed E-state index contributed by atoms with van der Waals surface area (Å²) >= 11 is 0. The molecule has 0 aromatic heterocycles. The van der Waals surface area contributed by atoms with Crippen LogP contribution in [-0.4, -0.2) is 59.3 Å². The Balaban J connectivity index is 1.54. The molecule has 1 aromatic carbocycles. The van der Waals surface area contributed by atoms with Gasteiger partial charge in [0.05, 0.1) is 12.0 Å². The van der Waals surface area contributed by atoms with Gasteiger partial charge < -0.3 is 9.47 Å². The molecular formula is C18H28N2O4S. The SMILES string of the molecule is COc1ccc(S(=O)(=O)NC[C@H]2CCCN(C3CCOCC3)C2)cc1. The van der Waals surface area contributed by atoms with Gasteiger partial charge in [-0.2, -0.15) is 0 Å². The summed E-state index contributed by atoms with van der Waals surface area (Å²) in [5.74, 6) is 1.02. The van der Waals surface area contributed by atoms with Gasteiger partial charge in [-0.15, -0.1) is 0 Å². The minimum atomic E-state index is -3.47. The van der Waals surface area contributed by atoms with Gasteiger partial charge in [0.15, 0.2) is 0 Å². The summed E-state index contributed by atoms with van der Waals surface area (Å²) in [6, 6.07) is 7.09. The molecule has 3 rings (SSSR count). The van der Waals surface area contributed by atoms with Crippen LogP contribution in [0.4, 0.5) is 0 Å². The van der Waals surface area contributed by atoms with Gasteiger partial charge in [-0.1, -0.05) is 0 Å².